The lowest BCUT2D eigenvalue weighted by atomic mass is 10.4. The van der Waals surface area contributed by atoms with Crippen molar-refractivity contribution in [2.24, 2.45) is 0 Å². The van der Waals surface area contributed by atoms with Crippen molar-refractivity contribution in [1.82, 2.24) is 4.98 Å². The first kappa shape index (κ1) is 10.6. The van der Waals surface area contributed by atoms with Crippen molar-refractivity contribution in [2.45, 2.75) is 20.4 Å². The van der Waals surface area contributed by atoms with Gasteiger partial charge in [-0.2, -0.15) is 4.57 Å². The first-order valence-electron chi connectivity index (χ1n) is 4.30. The number of aryl methyl sites for hydroxylation is 1. The van der Waals surface area contributed by atoms with E-state index in [-0.39, 0.29) is 0 Å². The summed E-state index contributed by atoms with van der Waals surface area (Å²) in [5.74, 6) is 1.01. The minimum atomic E-state index is 0.928. The van der Waals surface area contributed by atoms with Crippen molar-refractivity contribution in [3.05, 3.63) is 24.3 Å². The third kappa shape index (κ3) is 2.74. The zero-order valence-corrected chi connectivity index (χ0v) is 9.49. The molecule has 0 saturated heterocycles. The van der Waals surface area contributed by atoms with E-state index in [0.717, 1.165) is 22.2 Å². The summed E-state index contributed by atoms with van der Waals surface area (Å²) in [5.41, 5.74) is 1.05. The Morgan fingerprint density at radius 2 is 2.38 bits per heavy atom. The summed E-state index contributed by atoms with van der Waals surface area (Å²) in [5, 5.41) is 0. The van der Waals surface area contributed by atoms with Crippen molar-refractivity contribution in [3.63, 3.8) is 0 Å². The fourth-order valence-electron chi connectivity index (χ4n) is 1.04. The van der Waals surface area contributed by atoms with Crippen molar-refractivity contribution < 1.29 is 4.57 Å². The summed E-state index contributed by atoms with van der Waals surface area (Å²) in [4.78, 5) is 4.07. The normalized spacial score (nSPS) is 10.0. The molecule has 2 nitrogen and oxygen atoms in total. The standard InChI is InChI=1S/C9H13N2S2/c1-3-11-6-5-10-7-8(11)9(12)13-4-2/h5-7H,3-4H2,1-2H3/q+1. The summed E-state index contributed by atoms with van der Waals surface area (Å²) in [6.07, 6.45) is 5.57. The summed E-state index contributed by atoms with van der Waals surface area (Å²) < 4.78 is 3.04. The number of aromatic nitrogens is 2. The molecule has 1 heterocycles. The summed E-state index contributed by atoms with van der Waals surface area (Å²) in [6, 6.07) is 0. The van der Waals surface area contributed by atoms with Crippen LogP contribution >= 0.6 is 24.0 Å². The van der Waals surface area contributed by atoms with Gasteiger partial charge in [-0.1, -0.05) is 19.1 Å². The Kier molecular flexibility index (Phi) is 4.32. The van der Waals surface area contributed by atoms with Gasteiger partial charge < -0.3 is 0 Å². The monoisotopic (exact) mass is 213 g/mol. The predicted molar refractivity (Wildman–Crippen MR) is 59.9 cm³/mol. The second kappa shape index (κ2) is 5.29. The van der Waals surface area contributed by atoms with Crippen LogP contribution in [0.25, 0.3) is 0 Å². The second-order valence-electron chi connectivity index (χ2n) is 2.47. The van der Waals surface area contributed by atoms with Crippen LogP contribution in [-0.2, 0) is 6.54 Å². The molecule has 0 radical (unpaired) electrons. The van der Waals surface area contributed by atoms with E-state index in [9.17, 15) is 0 Å². The first-order valence-corrected chi connectivity index (χ1v) is 5.69. The topological polar surface area (TPSA) is 16.8 Å². The van der Waals surface area contributed by atoms with Crippen LogP contribution in [0.2, 0.25) is 0 Å². The number of thioether (sulfide) groups is 1. The molecule has 0 fully saturated rings. The highest BCUT2D eigenvalue weighted by Crippen LogP contribution is 2.08. The fraction of sp³-hybridized carbons (Fsp3) is 0.444. The van der Waals surface area contributed by atoms with Crippen LogP contribution in [-0.4, -0.2) is 14.9 Å². The Morgan fingerprint density at radius 3 is 3.00 bits per heavy atom. The minimum absolute atomic E-state index is 0.928. The molecule has 0 aromatic carbocycles. The molecule has 0 spiro atoms. The van der Waals surface area contributed by atoms with Gasteiger partial charge in [-0.3, -0.25) is 4.98 Å². The lowest BCUT2D eigenvalue weighted by molar-refractivity contribution is -0.694. The van der Waals surface area contributed by atoms with Gasteiger partial charge in [0.2, 0.25) is 5.69 Å². The Labute approximate surface area is 88.4 Å². The van der Waals surface area contributed by atoms with Gasteiger partial charge in [-0.15, -0.1) is 11.8 Å². The number of rotatable bonds is 3. The summed E-state index contributed by atoms with van der Waals surface area (Å²) in [6.45, 7) is 5.13. The molecule has 0 N–H and O–H groups in total. The molecule has 0 saturated carbocycles. The van der Waals surface area contributed by atoms with Gasteiger partial charge >= 0.3 is 0 Å². The highest BCUT2D eigenvalue weighted by molar-refractivity contribution is 8.23. The Hall–Kier alpha value is -0.480. The molecule has 1 aromatic rings. The Bertz CT molecular complexity index is 299. The average Bonchev–Trinajstić information content (AvgIpc) is 2.18. The van der Waals surface area contributed by atoms with Crippen molar-refractivity contribution in [3.8, 4) is 0 Å². The van der Waals surface area contributed by atoms with Crippen LogP contribution in [0.1, 0.15) is 19.5 Å². The number of hydrogen-bond donors (Lipinski definition) is 0. The van der Waals surface area contributed by atoms with Crippen LogP contribution in [0, 0.1) is 0 Å². The molecule has 1 rings (SSSR count). The number of thiocarbonyl (C=S) groups is 1. The van der Waals surface area contributed by atoms with Crippen LogP contribution in [0.5, 0.6) is 0 Å². The molecule has 13 heavy (non-hydrogen) atoms. The molecule has 70 valence electrons. The zero-order chi connectivity index (χ0) is 9.68. The fourth-order valence-corrected chi connectivity index (χ4v) is 2.14. The van der Waals surface area contributed by atoms with Crippen LogP contribution < -0.4 is 4.57 Å². The highest BCUT2D eigenvalue weighted by atomic mass is 32.2. The van der Waals surface area contributed by atoms with E-state index in [1.807, 2.05) is 12.4 Å². The third-order valence-electron chi connectivity index (χ3n) is 1.66. The second-order valence-corrected chi connectivity index (χ2v) is 4.41. The maximum Gasteiger partial charge on any atom is 0.248 e. The van der Waals surface area contributed by atoms with Gasteiger partial charge in [0.25, 0.3) is 0 Å². The van der Waals surface area contributed by atoms with Gasteiger partial charge in [-0.05, 0) is 12.7 Å². The highest BCUT2D eigenvalue weighted by Gasteiger charge is 2.13. The molecule has 0 aliphatic rings. The number of hydrogen-bond acceptors (Lipinski definition) is 3. The predicted octanol–water partition coefficient (Wildman–Crippen LogP) is 1.82. The van der Waals surface area contributed by atoms with E-state index in [2.05, 4.69) is 23.4 Å². The maximum atomic E-state index is 5.28. The van der Waals surface area contributed by atoms with Crippen LogP contribution in [0.4, 0.5) is 0 Å². The quantitative estimate of drug-likeness (QED) is 0.563. The molecule has 4 heteroatoms. The molecule has 0 unspecified atom stereocenters. The van der Waals surface area contributed by atoms with E-state index < -0.39 is 0 Å². The Morgan fingerprint density at radius 1 is 1.62 bits per heavy atom. The minimum Gasteiger partial charge on any atom is -0.251 e. The molecule has 0 bridgehead atoms. The molecule has 0 amide bonds. The summed E-state index contributed by atoms with van der Waals surface area (Å²) in [7, 11) is 0. The first-order chi connectivity index (χ1) is 6.29. The largest absolute Gasteiger partial charge is 0.251 e. The van der Waals surface area contributed by atoms with E-state index >= 15 is 0 Å². The maximum absolute atomic E-state index is 5.28. The average molecular weight is 213 g/mol. The molecular weight excluding hydrogens is 200 g/mol. The number of nitrogens with zero attached hydrogens (tertiary/aromatic N) is 2. The van der Waals surface area contributed by atoms with E-state index in [4.69, 9.17) is 12.2 Å². The van der Waals surface area contributed by atoms with Gasteiger partial charge in [0.1, 0.15) is 16.9 Å². The van der Waals surface area contributed by atoms with Crippen molar-refractivity contribution in [1.29, 1.82) is 0 Å². The summed E-state index contributed by atoms with van der Waals surface area (Å²) >= 11 is 6.96. The van der Waals surface area contributed by atoms with Gasteiger partial charge in [0, 0.05) is 0 Å². The molecule has 0 aliphatic heterocycles. The van der Waals surface area contributed by atoms with Crippen LogP contribution in [0.15, 0.2) is 18.6 Å². The molecule has 0 atom stereocenters. The zero-order valence-electron chi connectivity index (χ0n) is 7.86. The molecular formula is C9H13N2S2+. The van der Waals surface area contributed by atoms with E-state index in [1.54, 1.807) is 18.0 Å². The SMILES string of the molecule is CCSC(=S)c1cncc[n+]1CC. The third-order valence-corrected chi connectivity index (χ3v) is 2.99. The van der Waals surface area contributed by atoms with Crippen LogP contribution in [0.3, 0.4) is 0 Å². The van der Waals surface area contributed by atoms with E-state index in [0.29, 0.717) is 0 Å². The van der Waals surface area contributed by atoms with Gasteiger partial charge in [-0.25, -0.2) is 0 Å². The lowest BCUT2D eigenvalue weighted by Gasteiger charge is -2.00. The smallest absolute Gasteiger partial charge is 0.248 e. The van der Waals surface area contributed by atoms with Crippen molar-refractivity contribution >= 4 is 28.2 Å². The van der Waals surface area contributed by atoms with E-state index in [1.165, 1.54) is 0 Å². The van der Waals surface area contributed by atoms with Gasteiger partial charge in [0.05, 0.1) is 6.20 Å². The Balaban J connectivity index is 2.92. The lowest BCUT2D eigenvalue weighted by Crippen LogP contribution is -2.38. The van der Waals surface area contributed by atoms with Gasteiger partial charge in [0.15, 0.2) is 6.20 Å². The van der Waals surface area contributed by atoms with Crippen molar-refractivity contribution in [2.75, 3.05) is 5.75 Å². The molecule has 1 aromatic heterocycles. The molecule has 0 aliphatic carbocycles.